The van der Waals surface area contributed by atoms with Crippen LogP contribution in [0.1, 0.15) is 31.7 Å². The Morgan fingerprint density at radius 3 is 2.63 bits per heavy atom. The molecule has 1 N–H and O–H groups in total. The van der Waals surface area contributed by atoms with Crippen LogP contribution in [0.5, 0.6) is 0 Å². The Bertz CT molecular complexity index is 406. The van der Waals surface area contributed by atoms with Gasteiger partial charge in [0.2, 0.25) is 0 Å². The van der Waals surface area contributed by atoms with Gasteiger partial charge in [0.1, 0.15) is 0 Å². The molecule has 1 heterocycles. The van der Waals surface area contributed by atoms with Crippen molar-refractivity contribution in [2.45, 2.75) is 33.6 Å². The van der Waals surface area contributed by atoms with E-state index in [-0.39, 0.29) is 5.41 Å². The lowest BCUT2D eigenvalue weighted by Gasteiger charge is -2.29. The molecule has 0 amide bonds. The van der Waals surface area contributed by atoms with Crippen LogP contribution < -0.4 is 5.32 Å². The zero-order valence-corrected chi connectivity index (χ0v) is 14.3. The fourth-order valence-corrected chi connectivity index (χ4v) is 2.63. The molecular formula is C14H26BrN3O. The lowest BCUT2D eigenvalue weighted by atomic mass is 9.82. The van der Waals surface area contributed by atoms with Gasteiger partial charge in [-0.05, 0) is 41.1 Å². The van der Waals surface area contributed by atoms with E-state index in [0.29, 0.717) is 0 Å². The zero-order chi connectivity index (χ0) is 14.5. The summed E-state index contributed by atoms with van der Waals surface area (Å²) in [5, 5.41) is 7.94. The number of halogens is 1. The molecule has 0 spiro atoms. The van der Waals surface area contributed by atoms with Crippen LogP contribution in [0.4, 0.5) is 0 Å². The molecule has 0 aliphatic rings. The van der Waals surface area contributed by atoms with Crippen LogP contribution in [0, 0.1) is 12.3 Å². The molecule has 19 heavy (non-hydrogen) atoms. The van der Waals surface area contributed by atoms with Crippen LogP contribution >= 0.6 is 15.9 Å². The number of hydrogen-bond donors (Lipinski definition) is 1. The van der Waals surface area contributed by atoms with Crippen molar-refractivity contribution in [3.63, 3.8) is 0 Å². The second-order valence-corrected chi connectivity index (χ2v) is 6.27. The Kier molecular flexibility index (Phi) is 6.50. The van der Waals surface area contributed by atoms with Crippen LogP contribution in [0.3, 0.4) is 0 Å². The molecule has 0 radical (unpaired) electrons. The van der Waals surface area contributed by atoms with Crippen molar-refractivity contribution in [3.05, 3.63) is 15.9 Å². The summed E-state index contributed by atoms with van der Waals surface area (Å²) in [6, 6.07) is 0. The summed E-state index contributed by atoms with van der Waals surface area (Å²) in [4.78, 5) is 0. The molecule has 0 saturated carbocycles. The number of rotatable bonds is 8. The van der Waals surface area contributed by atoms with E-state index < -0.39 is 0 Å². The number of hydrogen-bond acceptors (Lipinski definition) is 3. The van der Waals surface area contributed by atoms with Crippen LogP contribution in [-0.2, 0) is 18.2 Å². The topological polar surface area (TPSA) is 39.1 Å². The SMILES string of the molecule is CCC(C)(CNCCOC)Cc1c(Br)c(C)nn1C. The van der Waals surface area contributed by atoms with Crippen molar-refractivity contribution in [1.29, 1.82) is 0 Å². The maximum absolute atomic E-state index is 5.07. The summed E-state index contributed by atoms with van der Waals surface area (Å²) in [5.74, 6) is 0. The number of ether oxygens (including phenoxy) is 1. The molecule has 0 aromatic carbocycles. The molecular weight excluding hydrogens is 306 g/mol. The fourth-order valence-electron chi connectivity index (χ4n) is 2.15. The molecule has 0 saturated heterocycles. The molecule has 5 heteroatoms. The fraction of sp³-hybridized carbons (Fsp3) is 0.786. The minimum Gasteiger partial charge on any atom is -0.383 e. The second kappa shape index (κ2) is 7.41. The van der Waals surface area contributed by atoms with Gasteiger partial charge in [-0.2, -0.15) is 5.10 Å². The summed E-state index contributed by atoms with van der Waals surface area (Å²) >= 11 is 3.65. The number of nitrogens with zero attached hydrogens (tertiary/aromatic N) is 2. The standard InChI is InChI=1S/C14H26BrN3O/c1-6-14(3,10-16-7-8-19-5)9-12-13(15)11(2)17-18(12)4/h16H,6-10H2,1-5H3. The average molecular weight is 332 g/mol. The zero-order valence-electron chi connectivity index (χ0n) is 12.7. The van der Waals surface area contributed by atoms with Gasteiger partial charge in [0.25, 0.3) is 0 Å². The molecule has 0 aliphatic carbocycles. The van der Waals surface area contributed by atoms with Crippen LogP contribution in [0.2, 0.25) is 0 Å². The van der Waals surface area contributed by atoms with E-state index in [0.717, 1.165) is 42.7 Å². The summed E-state index contributed by atoms with van der Waals surface area (Å²) in [7, 11) is 3.75. The molecule has 4 nitrogen and oxygen atoms in total. The first-order chi connectivity index (χ1) is 8.93. The van der Waals surface area contributed by atoms with Crippen LogP contribution in [-0.4, -0.2) is 36.6 Å². The third-order valence-corrected chi connectivity index (χ3v) is 4.78. The maximum atomic E-state index is 5.07. The number of aryl methyl sites for hydroxylation is 2. The van der Waals surface area contributed by atoms with Gasteiger partial charge < -0.3 is 10.1 Å². The first kappa shape index (κ1) is 16.7. The maximum Gasteiger partial charge on any atom is 0.0738 e. The monoisotopic (exact) mass is 331 g/mol. The van der Waals surface area contributed by atoms with Gasteiger partial charge >= 0.3 is 0 Å². The smallest absolute Gasteiger partial charge is 0.0738 e. The Morgan fingerprint density at radius 1 is 1.47 bits per heavy atom. The Labute approximate surface area is 125 Å². The van der Waals surface area contributed by atoms with Crippen molar-refractivity contribution in [2.75, 3.05) is 26.8 Å². The minimum atomic E-state index is 0.233. The van der Waals surface area contributed by atoms with Crippen LogP contribution in [0.25, 0.3) is 0 Å². The lowest BCUT2D eigenvalue weighted by molar-refractivity contribution is 0.190. The average Bonchev–Trinajstić information content (AvgIpc) is 2.61. The molecule has 0 fully saturated rings. The van der Waals surface area contributed by atoms with Crippen molar-refractivity contribution < 1.29 is 4.74 Å². The Hall–Kier alpha value is -0.390. The first-order valence-electron chi connectivity index (χ1n) is 6.81. The summed E-state index contributed by atoms with van der Waals surface area (Å²) < 4.78 is 8.20. The van der Waals surface area contributed by atoms with Crippen molar-refractivity contribution in [3.8, 4) is 0 Å². The predicted molar refractivity (Wildman–Crippen MR) is 82.5 cm³/mol. The normalized spacial score (nSPS) is 14.6. The second-order valence-electron chi connectivity index (χ2n) is 5.48. The summed E-state index contributed by atoms with van der Waals surface area (Å²) in [5.41, 5.74) is 2.56. The van der Waals surface area contributed by atoms with E-state index in [1.165, 1.54) is 5.69 Å². The van der Waals surface area contributed by atoms with Crippen molar-refractivity contribution >= 4 is 15.9 Å². The highest BCUT2D eigenvalue weighted by atomic mass is 79.9. The highest BCUT2D eigenvalue weighted by Gasteiger charge is 2.25. The minimum absolute atomic E-state index is 0.233. The molecule has 1 rings (SSSR count). The Morgan fingerprint density at radius 2 is 2.16 bits per heavy atom. The highest BCUT2D eigenvalue weighted by molar-refractivity contribution is 9.10. The van der Waals surface area contributed by atoms with E-state index in [4.69, 9.17) is 4.74 Å². The largest absolute Gasteiger partial charge is 0.383 e. The van der Waals surface area contributed by atoms with Gasteiger partial charge in [-0.15, -0.1) is 0 Å². The molecule has 1 aromatic rings. The molecule has 0 bridgehead atoms. The van der Waals surface area contributed by atoms with Crippen LogP contribution in [0.15, 0.2) is 4.47 Å². The molecule has 0 aliphatic heterocycles. The van der Waals surface area contributed by atoms with Gasteiger partial charge in [0, 0.05) is 27.2 Å². The third-order valence-electron chi connectivity index (χ3n) is 3.74. The molecule has 1 atom stereocenters. The number of aromatic nitrogens is 2. The predicted octanol–water partition coefficient (Wildman–Crippen LogP) is 2.69. The Balaban J connectivity index is 2.69. The lowest BCUT2D eigenvalue weighted by Crippen LogP contribution is -2.35. The quantitative estimate of drug-likeness (QED) is 0.744. The van der Waals surface area contributed by atoms with E-state index in [2.05, 4.69) is 40.2 Å². The third kappa shape index (κ3) is 4.58. The summed E-state index contributed by atoms with van der Waals surface area (Å²) in [6.45, 7) is 9.25. The number of methoxy groups -OCH3 is 1. The number of nitrogens with one attached hydrogen (secondary N) is 1. The van der Waals surface area contributed by atoms with Crippen molar-refractivity contribution in [2.24, 2.45) is 12.5 Å². The van der Waals surface area contributed by atoms with Crippen molar-refractivity contribution in [1.82, 2.24) is 15.1 Å². The van der Waals surface area contributed by atoms with E-state index in [1.54, 1.807) is 7.11 Å². The van der Waals surface area contributed by atoms with Gasteiger partial charge in [-0.25, -0.2) is 0 Å². The summed E-state index contributed by atoms with van der Waals surface area (Å²) in [6.07, 6.45) is 2.14. The van der Waals surface area contributed by atoms with Gasteiger partial charge in [0.05, 0.1) is 22.5 Å². The van der Waals surface area contributed by atoms with Gasteiger partial charge in [0.15, 0.2) is 0 Å². The first-order valence-corrected chi connectivity index (χ1v) is 7.60. The molecule has 1 aromatic heterocycles. The molecule has 110 valence electrons. The van der Waals surface area contributed by atoms with E-state index in [1.807, 2.05) is 18.7 Å². The van der Waals surface area contributed by atoms with E-state index in [9.17, 15) is 0 Å². The van der Waals surface area contributed by atoms with Gasteiger partial charge in [-0.3, -0.25) is 4.68 Å². The van der Waals surface area contributed by atoms with E-state index >= 15 is 0 Å². The highest BCUT2D eigenvalue weighted by Crippen LogP contribution is 2.30. The van der Waals surface area contributed by atoms with Gasteiger partial charge in [-0.1, -0.05) is 13.8 Å². The molecule has 1 unspecified atom stereocenters.